The Morgan fingerprint density at radius 3 is 2.77 bits per heavy atom. The number of halogens is 1. The van der Waals surface area contributed by atoms with Crippen LogP contribution in [0.4, 0.5) is 4.39 Å². The maximum absolute atomic E-state index is 13.5. The van der Waals surface area contributed by atoms with Gasteiger partial charge in [0, 0.05) is 29.7 Å². The van der Waals surface area contributed by atoms with E-state index in [9.17, 15) is 19.1 Å². The van der Waals surface area contributed by atoms with E-state index in [1.54, 1.807) is 18.0 Å². The number of carbonyl (C=O) groups is 2. The number of hydrogen-bond donors (Lipinski definition) is 4. The first kappa shape index (κ1) is 23.2. The summed E-state index contributed by atoms with van der Waals surface area (Å²) in [4.78, 5) is 30.8. The number of nitrogens with one attached hydrogen (secondary N) is 3. The second-order valence-corrected chi connectivity index (χ2v) is 8.55. The van der Waals surface area contributed by atoms with E-state index >= 15 is 0 Å². The fourth-order valence-corrected chi connectivity index (χ4v) is 4.49. The molecule has 5 atom stereocenters. The van der Waals surface area contributed by atoms with Crippen LogP contribution in [0, 0.1) is 11.7 Å². The minimum Gasteiger partial charge on any atom is -0.391 e. The van der Waals surface area contributed by atoms with Gasteiger partial charge in [-0.3, -0.25) is 9.59 Å². The molecule has 0 saturated carbocycles. The number of fused-ring (bicyclic) bond motifs is 1. The predicted molar refractivity (Wildman–Crippen MR) is 118 cm³/mol. The van der Waals surface area contributed by atoms with E-state index in [1.165, 1.54) is 19.1 Å². The Morgan fingerprint density at radius 1 is 1.39 bits per heavy atom. The van der Waals surface area contributed by atoms with Gasteiger partial charge in [-0.1, -0.05) is 13.8 Å². The number of likely N-dealkylation sites (N-methyl/N-ethyl adjacent to an activating group) is 1. The van der Waals surface area contributed by atoms with Crippen molar-refractivity contribution in [1.29, 1.82) is 0 Å². The van der Waals surface area contributed by atoms with Crippen molar-refractivity contribution < 1.29 is 19.1 Å². The van der Waals surface area contributed by atoms with Crippen molar-refractivity contribution >= 4 is 22.7 Å². The highest BCUT2D eigenvalue weighted by Gasteiger charge is 2.40. The molecule has 1 saturated heterocycles. The highest BCUT2D eigenvalue weighted by Crippen LogP contribution is 2.30. The molecule has 1 aliphatic rings. The molecule has 170 valence electrons. The first-order chi connectivity index (χ1) is 14.8. The lowest BCUT2D eigenvalue weighted by atomic mass is 9.95. The van der Waals surface area contributed by atoms with Gasteiger partial charge in [-0.25, -0.2) is 4.39 Å². The molecule has 31 heavy (non-hydrogen) atoms. The van der Waals surface area contributed by atoms with Crippen molar-refractivity contribution in [2.24, 2.45) is 5.92 Å². The normalized spacial score (nSPS) is 21.8. The largest absolute Gasteiger partial charge is 0.391 e. The number of rotatable bonds is 8. The van der Waals surface area contributed by atoms with E-state index < -0.39 is 18.2 Å². The molecule has 8 heteroatoms. The minimum atomic E-state index is -1.02. The van der Waals surface area contributed by atoms with Crippen LogP contribution >= 0.6 is 0 Å². The van der Waals surface area contributed by atoms with Gasteiger partial charge in [0.1, 0.15) is 11.9 Å². The molecule has 3 rings (SSSR count). The highest BCUT2D eigenvalue weighted by molar-refractivity contribution is 5.90. The van der Waals surface area contributed by atoms with E-state index in [-0.39, 0.29) is 29.6 Å². The maximum Gasteiger partial charge on any atom is 0.248 e. The topological polar surface area (TPSA) is 97.5 Å². The van der Waals surface area contributed by atoms with E-state index in [4.69, 9.17) is 0 Å². The standard InChI is InChI=1S/C23H33FN4O3/c1-5-18(25-4)22(30)27-21(14(3)29)23(31)28-9-8-13(2)20(28)10-15-12-26-19-11-16(24)6-7-17(15)19/h6-7,11-14,18,20-21,25-26,29H,5,8-10H2,1-4H3,(H,27,30)/t13?,14?,18-,20-,21-/m0/s1. The number of nitrogens with zero attached hydrogens (tertiary/aromatic N) is 1. The Hall–Kier alpha value is -2.45. The summed E-state index contributed by atoms with van der Waals surface area (Å²) in [5.74, 6) is -0.601. The zero-order chi connectivity index (χ0) is 22.7. The number of H-pyrrole nitrogens is 1. The van der Waals surface area contributed by atoms with E-state index in [2.05, 4.69) is 22.5 Å². The molecule has 1 fully saturated rings. The number of aromatic amines is 1. The van der Waals surface area contributed by atoms with Crippen molar-refractivity contribution in [1.82, 2.24) is 20.5 Å². The highest BCUT2D eigenvalue weighted by atomic mass is 19.1. The quantitative estimate of drug-likeness (QED) is 0.513. The third-order valence-corrected chi connectivity index (χ3v) is 6.44. The van der Waals surface area contributed by atoms with Crippen molar-refractivity contribution in [2.45, 2.75) is 64.3 Å². The molecule has 2 aromatic rings. The molecule has 0 aliphatic carbocycles. The molecule has 7 nitrogen and oxygen atoms in total. The van der Waals surface area contributed by atoms with Crippen LogP contribution in [0.2, 0.25) is 0 Å². The Bertz CT molecular complexity index is 925. The molecule has 0 spiro atoms. The van der Waals surface area contributed by atoms with Crippen molar-refractivity contribution in [3.63, 3.8) is 0 Å². The van der Waals surface area contributed by atoms with Crippen LogP contribution < -0.4 is 10.6 Å². The average molecular weight is 433 g/mol. The van der Waals surface area contributed by atoms with E-state index in [1.807, 2.05) is 13.1 Å². The summed E-state index contributed by atoms with van der Waals surface area (Å²) in [5.41, 5.74) is 1.75. The van der Waals surface area contributed by atoms with Gasteiger partial charge < -0.3 is 25.6 Å². The van der Waals surface area contributed by atoms with Crippen molar-refractivity contribution in [2.75, 3.05) is 13.6 Å². The molecular formula is C23H33FN4O3. The lowest BCUT2D eigenvalue weighted by molar-refractivity contribution is -0.140. The van der Waals surface area contributed by atoms with Crippen molar-refractivity contribution in [3.8, 4) is 0 Å². The second kappa shape index (κ2) is 9.78. The molecule has 4 N–H and O–H groups in total. The molecular weight excluding hydrogens is 399 g/mol. The van der Waals surface area contributed by atoms with Crippen molar-refractivity contribution in [3.05, 3.63) is 35.8 Å². The Kier molecular flexibility index (Phi) is 7.33. The van der Waals surface area contributed by atoms with Gasteiger partial charge in [-0.15, -0.1) is 0 Å². The molecule has 2 unspecified atom stereocenters. The zero-order valence-corrected chi connectivity index (χ0v) is 18.6. The number of likely N-dealkylation sites (tertiary alicyclic amines) is 1. The molecule has 1 aliphatic heterocycles. The second-order valence-electron chi connectivity index (χ2n) is 8.55. The van der Waals surface area contributed by atoms with Crippen LogP contribution in [0.3, 0.4) is 0 Å². The number of aromatic nitrogens is 1. The molecule has 0 bridgehead atoms. The third-order valence-electron chi connectivity index (χ3n) is 6.44. The van der Waals surface area contributed by atoms with E-state index in [0.29, 0.717) is 19.4 Å². The van der Waals surface area contributed by atoms with Crippen LogP contribution in [0.15, 0.2) is 24.4 Å². The van der Waals surface area contributed by atoms with Crippen LogP contribution in [-0.2, 0) is 16.0 Å². The summed E-state index contributed by atoms with van der Waals surface area (Å²) in [7, 11) is 1.69. The SMILES string of the molecule is CC[C@H](NC)C(=O)N[C@H](C(=O)N1CCC(C)[C@@H]1Cc1c[nH]c2cc(F)ccc12)C(C)O. The Labute approximate surface area is 182 Å². The molecule has 2 heterocycles. The summed E-state index contributed by atoms with van der Waals surface area (Å²) in [6.07, 6.45) is 2.89. The van der Waals surface area contributed by atoms with Gasteiger partial charge in [0.25, 0.3) is 0 Å². The Balaban J connectivity index is 1.80. The van der Waals surface area contributed by atoms with Crippen LogP contribution in [0.1, 0.15) is 39.2 Å². The maximum atomic E-state index is 13.5. The molecule has 1 aromatic heterocycles. The number of amides is 2. The summed E-state index contributed by atoms with van der Waals surface area (Å²) in [6.45, 7) is 6.08. The smallest absolute Gasteiger partial charge is 0.248 e. The number of benzene rings is 1. The average Bonchev–Trinajstić information content (AvgIpc) is 3.30. The number of carbonyl (C=O) groups excluding carboxylic acids is 2. The summed E-state index contributed by atoms with van der Waals surface area (Å²) in [5, 5.41) is 16.9. The van der Waals surface area contributed by atoms with Gasteiger partial charge in [0.2, 0.25) is 11.8 Å². The Morgan fingerprint density at radius 2 is 2.13 bits per heavy atom. The number of aliphatic hydroxyl groups is 1. The number of aliphatic hydroxyl groups excluding tert-OH is 1. The summed E-state index contributed by atoms with van der Waals surface area (Å²) < 4.78 is 13.5. The first-order valence-electron chi connectivity index (χ1n) is 11.0. The van der Waals surface area contributed by atoms with Gasteiger partial charge in [-0.05, 0) is 62.9 Å². The lowest BCUT2D eigenvalue weighted by Crippen LogP contribution is -2.58. The summed E-state index contributed by atoms with van der Waals surface area (Å²) >= 11 is 0. The first-order valence-corrected chi connectivity index (χ1v) is 11.0. The van der Waals surface area contributed by atoms with E-state index in [0.717, 1.165) is 22.9 Å². The molecule has 1 aromatic carbocycles. The molecule has 0 radical (unpaired) electrons. The zero-order valence-electron chi connectivity index (χ0n) is 18.6. The van der Waals surface area contributed by atoms with Crippen LogP contribution in [0.5, 0.6) is 0 Å². The predicted octanol–water partition coefficient (Wildman–Crippen LogP) is 1.95. The fraction of sp³-hybridized carbons (Fsp3) is 0.565. The van der Waals surface area contributed by atoms with Crippen LogP contribution in [-0.4, -0.2) is 64.6 Å². The molecule has 2 amide bonds. The summed E-state index contributed by atoms with van der Waals surface area (Å²) in [6, 6.07) is 3.16. The number of hydrogen-bond acceptors (Lipinski definition) is 4. The van der Waals surface area contributed by atoms with Gasteiger partial charge in [0.15, 0.2) is 0 Å². The fourth-order valence-electron chi connectivity index (χ4n) is 4.49. The monoisotopic (exact) mass is 432 g/mol. The third kappa shape index (κ3) is 4.91. The van der Waals surface area contributed by atoms with Gasteiger partial charge in [0.05, 0.1) is 12.1 Å². The minimum absolute atomic E-state index is 0.0685. The lowest BCUT2D eigenvalue weighted by Gasteiger charge is -2.32. The van der Waals surface area contributed by atoms with Crippen LogP contribution in [0.25, 0.3) is 10.9 Å². The van der Waals surface area contributed by atoms with Gasteiger partial charge >= 0.3 is 0 Å². The van der Waals surface area contributed by atoms with Gasteiger partial charge in [-0.2, -0.15) is 0 Å².